The molecule has 2 unspecified atom stereocenters. The lowest BCUT2D eigenvalue weighted by atomic mass is 9.90. The SMILES string of the molecule is CC(SC1COC(/C=C/C=C/C=C/c2ccc(C(F)(F)F)cc2)OC1)C(O)(Cn1cncn1)c1ccc(F)cc1F. The molecule has 3 aromatic rings. The van der Waals surface area contributed by atoms with E-state index in [9.17, 15) is 27.1 Å². The third kappa shape index (κ3) is 8.35. The first-order chi connectivity index (χ1) is 19.5. The highest BCUT2D eigenvalue weighted by atomic mass is 32.2. The van der Waals surface area contributed by atoms with E-state index >= 15 is 0 Å². The number of halogens is 5. The Labute approximate surface area is 238 Å². The summed E-state index contributed by atoms with van der Waals surface area (Å²) in [6.07, 6.45) is 8.05. The van der Waals surface area contributed by atoms with Gasteiger partial charge in [0.05, 0.1) is 30.6 Å². The fourth-order valence-corrected chi connectivity index (χ4v) is 5.48. The Kier molecular flexibility index (Phi) is 10.1. The number of alkyl halides is 3. The molecule has 0 spiro atoms. The molecule has 0 bridgehead atoms. The molecule has 0 radical (unpaired) electrons. The summed E-state index contributed by atoms with van der Waals surface area (Å²) in [5, 5.41) is 15.0. The molecule has 2 atom stereocenters. The van der Waals surface area contributed by atoms with Crippen molar-refractivity contribution >= 4 is 17.8 Å². The van der Waals surface area contributed by atoms with Crippen molar-refractivity contribution in [3.63, 3.8) is 0 Å². The predicted molar refractivity (Wildman–Crippen MR) is 146 cm³/mol. The van der Waals surface area contributed by atoms with Gasteiger partial charge in [0, 0.05) is 16.9 Å². The van der Waals surface area contributed by atoms with Gasteiger partial charge in [-0.05, 0) is 29.8 Å². The van der Waals surface area contributed by atoms with E-state index in [1.54, 1.807) is 43.4 Å². The number of thioether (sulfide) groups is 1. The molecule has 2 aromatic carbocycles. The summed E-state index contributed by atoms with van der Waals surface area (Å²) in [4.78, 5) is 3.88. The van der Waals surface area contributed by atoms with Gasteiger partial charge in [0.25, 0.3) is 0 Å². The smallest absolute Gasteiger partial charge is 0.382 e. The number of ether oxygens (including phenoxy) is 2. The molecule has 41 heavy (non-hydrogen) atoms. The molecule has 1 aliphatic heterocycles. The van der Waals surface area contributed by atoms with Crippen molar-refractivity contribution < 1.29 is 36.5 Å². The van der Waals surface area contributed by atoms with Gasteiger partial charge in [0.1, 0.15) is 29.9 Å². The Morgan fingerprint density at radius 2 is 1.76 bits per heavy atom. The third-order valence-corrected chi connectivity index (χ3v) is 7.81. The second-order valence-corrected chi connectivity index (χ2v) is 11.0. The molecule has 0 saturated carbocycles. The monoisotopic (exact) mass is 593 g/mol. The lowest BCUT2D eigenvalue weighted by Gasteiger charge is -2.37. The molecule has 1 aromatic heterocycles. The normalized spacial score (nSPS) is 20.7. The van der Waals surface area contributed by atoms with E-state index in [0.29, 0.717) is 18.8 Å². The van der Waals surface area contributed by atoms with E-state index in [-0.39, 0.29) is 17.4 Å². The highest BCUT2D eigenvalue weighted by Crippen LogP contribution is 2.38. The minimum absolute atomic E-state index is 0.0491. The van der Waals surface area contributed by atoms with Crippen molar-refractivity contribution in [1.29, 1.82) is 0 Å². The maximum absolute atomic E-state index is 14.7. The minimum Gasteiger partial charge on any atom is -0.382 e. The fraction of sp³-hybridized carbons (Fsp3) is 0.310. The molecule has 1 N–H and O–H groups in total. The van der Waals surface area contributed by atoms with Crippen LogP contribution in [0.25, 0.3) is 6.08 Å². The van der Waals surface area contributed by atoms with Gasteiger partial charge >= 0.3 is 6.18 Å². The molecule has 1 aliphatic rings. The minimum atomic E-state index is -4.36. The molecule has 6 nitrogen and oxygen atoms in total. The summed E-state index contributed by atoms with van der Waals surface area (Å²) in [6.45, 7) is 2.28. The van der Waals surface area contributed by atoms with Crippen LogP contribution in [0.4, 0.5) is 22.0 Å². The molecule has 2 heterocycles. The Balaban J connectivity index is 1.29. The van der Waals surface area contributed by atoms with Crippen LogP contribution in [0.15, 0.2) is 85.5 Å². The number of aromatic nitrogens is 3. The molecule has 218 valence electrons. The second-order valence-electron chi connectivity index (χ2n) is 9.33. The number of allylic oxidation sites excluding steroid dienone is 4. The van der Waals surface area contributed by atoms with Gasteiger partial charge in [-0.2, -0.15) is 18.3 Å². The summed E-state index contributed by atoms with van der Waals surface area (Å²) in [6, 6.07) is 7.94. The molecule has 12 heteroatoms. The lowest BCUT2D eigenvalue weighted by molar-refractivity contribution is -0.146. The van der Waals surface area contributed by atoms with Crippen LogP contribution in [-0.4, -0.2) is 49.9 Å². The number of hydrogen-bond donors (Lipinski definition) is 1. The van der Waals surface area contributed by atoms with Crippen molar-refractivity contribution in [3.8, 4) is 0 Å². The van der Waals surface area contributed by atoms with E-state index in [1.165, 1.54) is 47.3 Å². The van der Waals surface area contributed by atoms with Crippen LogP contribution in [0.1, 0.15) is 23.6 Å². The second kappa shape index (κ2) is 13.6. The molecule has 1 fully saturated rings. The van der Waals surface area contributed by atoms with Gasteiger partial charge in [-0.1, -0.05) is 55.5 Å². The summed E-state index contributed by atoms with van der Waals surface area (Å²) in [7, 11) is 0. The molecular weight excluding hydrogens is 565 g/mol. The standard InChI is InChI=1S/C29H28F5N3O3S/c1-20(28(38,17-37-19-35-18-36-37)25-13-12-23(30)14-26(25)31)41-24-15-39-27(40-16-24)7-5-3-2-4-6-21-8-10-22(11-9-21)29(32,33)34/h2-14,18-20,24,27,38H,15-17H2,1H3/b3-2+,6-4+,7-5+. The van der Waals surface area contributed by atoms with E-state index < -0.39 is 40.5 Å². The number of benzene rings is 2. The van der Waals surface area contributed by atoms with Crippen molar-refractivity contribution in [2.24, 2.45) is 0 Å². The average molecular weight is 594 g/mol. The summed E-state index contributed by atoms with van der Waals surface area (Å²) in [5.74, 6) is -1.60. The van der Waals surface area contributed by atoms with Crippen LogP contribution in [0.5, 0.6) is 0 Å². The number of hydrogen-bond acceptors (Lipinski definition) is 6. The van der Waals surface area contributed by atoms with Gasteiger partial charge in [0.2, 0.25) is 0 Å². The Bertz CT molecular complexity index is 1360. The number of rotatable bonds is 10. The summed E-state index contributed by atoms with van der Waals surface area (Å²) >= 11 is 1.36. The van der Waals surface area contributed by atoms with Crippen LogP contribution < -0.4 is 0 Å². The molecule has 1 saturated heterocycles. The van der Waals surface area contributed by atoms with E-state index in [0.717, 1.165) is 24.3 Å². The average Bonchev–Trinajstić information content (AvgIpc) is 3.44. The lowest BCUT2D eigenvalue weighted by Crippen LogP contribution is -2.43. The zero-order valence-electron chi connectivity index (χ0n) is 21.9. The van der Waals surface area contributed by atoms with Crippen LogP contribution in [0, 0.1) is 11.6 Å². The van der Waals surface area contributed by atoms with Crippen LogP contribution in [0.2, 0.25) is 0 Å². The zero-order chi connectivity index (χ0) is 29.5. The fourth-order valence-electron chi connectivity index (χ4n) is 4.16. The van der Waals surface area contributed by atoms with Crippen molar-refractivity contribution in [1.82, 2.24) is 14.8 Å². The van der Waals surface area contributed by atoms with Crippen LogP contribution in [0.3, 0.4) is 0 Å². The van der Waals surface area contributed by atoms with E-state index in [4.69, 9.17) is 9.47 Å². The molecule has 4 rings (SSSR count). The van der Waals surface area contributed by atoms with Gasteiger partial charge in [-0.3, -0.25) is 0 Å². The Hall–Kier alpha value is -3.32. The Morgan fingerprint density at radius 1 is 1.05 bits per heavy atom. The largest absolute Gasteiger partial charge is 0.416 e. The van der Waals surface area contributed by atoms with Gasteiger partial charge in [-0.25, -0.2) is 18.4 Å². The predicted octanol–water partition coefficient (Wildman–Crippen LogP) is 6.15. The van der Waals surface area contributed by atoms with Gasteiger partial charge in [0.15, 0.2) is 6.29 Å². The van der Waals surface area contributed by atoms with E-state index in [2.05, 4.69) is 10.1 Å². The first-order valence-corrected chi connectivity index (χ1v) is 13.6. The maximum Gasteiger partial charge on any atom is 0.416 e. The molecule has 0 aliphatic carbocycles. The van der Waals surface area contributed by atoms with Crippen molar-refractivity contribution in [3.05, 3.63) is 114 Å². The first kappa shape index (κ1) is 30.6. The summed E-state index contributed by atoms with van der Waals surface area (Å²) < 4.78 is 79.1. The van der Waals surface area contributed by atoms with Gasteiger partial charge in [-0.15, -0.1) is 11.8 Å². The number of nitrogens with zero attached hydrogens (tertiary/aromatic N) is 3. The van der Waals surface area contributed by atoms with E-state index in [1.807, 2.05) is 0 Å². The highest BCUT2D eigenvalue weighted by Gasteiger charge is 2.41. The number of aliphatic hydroxyl groups is 1. The topological polar surface area (TPSA) is 69.4 Å². The van der Waals surface area contributed by atoms with Crippen LogP contribution in [-0.2, 0) is 27.8 Å². The molecular formula is C29H28F5N3O3S. The summed E-state index contributed by atoms with van der Waals surface area (Å²) in [5.41, 5.74) is -1.84. The quantitative estimate of drug-likeness (QED) is 0.225. The van der Waals surface area contributed by atoms with Gasteiger partial charge < -0.3 is 14.6 Å². The van der Waals surface area contributed by atoms with Crippen molar-refractivity contribution in [2.75, 3.05) is 13.2 Å². The highest BCUT2D eigenvalue weighted by molar-refractivity contribution is 8.00. The van der Waals surface area contributed by atoms with Crippen molar-refractivity contribution in [2.45, 2.75) is 42.0 Å². The molecule has 0 amide bonds. The maximum atomic E-state index is 14.7. The third-order valence-electron chi connectivity index (χ3n) is 6.36. The van der Waals surface area contributed by atoms with Crippen LogP contribution >= 0.6 is 11.8 Å². The zero-order valence-corrected chi connectivity index (χ0v) is 22.7. The Morgan fingerprint density at radius 3 is 2.39 bits per heavy atom. The first-order valence-electron chi connectivity index (χ1n) is 12.6.